The minimum atomic E-state index is -0.328. The molecule has 2 amide bonds. The van der Waals surface area contributed by atoms with E-state index in [9.17, 15) is 9.59 Å². The molecule has 0 spiro atoms. The van der Waals surface area contributed by atoms with Crippen molar-refractivity contribution >= 4 is 51.5 Å². The summed E-state index contributed by atoms with van der Waals surface area (Å²) < 4.78 is 12.8. The summed E-state index contributed by atoms with van der Waals surface area (Å²) in [5.41, 5.74) is 3.68. The van der Waals surface area contributed by atoms with E-state index in [4.69, 9.17) is 21.1 Å². The lowest BCUT2D eigenvalue weighted by molar-refractivity contribution is -0.123. The smallest absolute Gasteiger partial charge is 0.293 e. The minimum absolute atomic E-state index is 0.0754. The van der Waals surface area contributed by atoms with Gasteiger partial charge in [0.1, 0.15) is 0 Å². The number of aryl methyl sites for hydroxylation is 1. The van der Waals surface area contributed by atoms with Crippen LogP contribution >= 0.6 is 23.4 Å². The largest absolute Gasteiger partial charge is 0.454 e. The van der Waals surface area contributed by atoms with Gasteiger partial charge in [-0.2, -0.15) is 0 Å². The van der Waals surface area contributed by atoms with Crippen molar-refractivity contribution < 1.29 is 19.1 Å². The Morgan fingerprint density at radius 3 is 2.70 bits per heavy atom. The Hall–Kier alpha value is -2.90. The molecule has 2 aliphatic heterocycles. The lowest BCUT2D eigenvalue weighted by atomic mass is 10.1. The second-order valence-electron chi connectivity index (χ2n) is 7.14. The molecule has 0 N–H and O–H groups in total. The third kappa shape index (κ3) is 2.97. The zero-order chi connectivity index (χ0) is 21.0. The normalized spacial score (nSPS) is 17.0. The molecule has 0 atom stereocenters. The summed E-state index contributed by atoms with van der Waals surface area (Å²) in [6.45, 7) is 2.21. The van der Waals surface area contributed by atoms with Crippen molar-refractivity contribution in [3.63, 3.8) is 0 Å². The summed E-state index contributed by atoms with van der Waals surface area (Å²) in [5, 5.41) is 1.15. The number of hydrogen-bond donors (Lipinski definition) is 0. The summed E-state index contributed by atoms with van der Waals surface area (Å²) in [6, 6.07) is 11.4. The van der Waals surface area contributed by atoms with Crippen molar-refractivity contribution in [1.82, 2.24) is 9.47 Å². The number of carbonyl (C=O) groups is 2. The number of hydrogen-bond acceptors (Lipinski definition) is 5. The maximum absolute atomic E-state index is 13.0. The summed E-state index contributed by atoms with van der Waals surface area (Å²) >= 11 is 7.27. The van der Waals surface area contributed by atoms with Gasteiger partial charge < -0.3 is 14.0 Å². The first kappa shape index (κ1) is 19.1. The minimum Gasteiger partial charge on any atom is -0.454 e. The Balaban J connectivity index is 1.48. The molecule has 5 rings (SSSR count). The molecule has 30 heavy (non-hydrogen) atoms. The fourth-order valence-corrected chi connectivity index (χ4v) is 4.78. The number of rotatable bonds is 3. The van der Waals surface area contributed by atoms with Gasteiger partial charge in [0.05, 0.1) is 11.4 Å². The number of imide groups is 1. The average molecular weight is 441 g/mol. The van der Waals surface area contributed by atoms with Crippen LogP contribution < -0.4 is 9.47 Å². The molecule has 2 aliphatic rings. The lowest BCUT2D eigenvalue weighted by Gasteiger charge is -2.14. The second kappa shape index (κ2) is 7.11. The SMILES string of the molecule is Cc1c(/C=C2\SC(=O)N(Cc3cc4c(cc3Cl)OCO4)C2=O)c2ccccc2n1C. The van der Waals surface area contributed by atoms with Crippen LogP contribution in [0.25, 0.3) is 17.0 Å². The number of nitrogens with zero attached hydrogens (tertiary/aromatic N) is 2. The number of fused-ring (bicyclic) bond motifs is 2. The molecule has 0 unspecified atom stereocenters. The fourth-order valence-electron chi connectivity index (χ4n) is 3.75. The van der Waals surface area contributed by atoms with Crippen LogP contribution in [-0.2, 0) is 18.4 Å². The molecule has 1 aromatic heterocycles. The van der Waals surface area contributed by atoms with Crippen molar-refractivity contribution in [2.75, 3.05) is 6.79 Å². The van der Waals surface area contributed by atoms with E-state index in [1.165, 1.54) is 4.90 Å². The van der Waals surface area contributed by atoms with Crippen LogP contribution in [-0.4, -0.2) is 27.4 Å². The van der Waals surface area contributed by atoms with Crippen LogP contribution in [0, 0.1) is 6.92 Å². The molecule has 1 saturated heterocycles. The van der Waals surface area contributed by atoms with Crippen LogP contribution in [0.5, 0.6) is 11.5 Å². The van der Waals surface area contributed by atoms with E-state index in [-0.39, 0.29) is 24.5 Å². The van der Waals surface area contributed by atoms with E-state index in [1.807, 2.05) is 44.3 Å². The topological polar surface area (TPSA) is 60.8 Å². The number of amides is 2. The molecule has 0 aliphatic carbocycles. The average Bonchev–Trinajstić information content (AvgIpc) is 3.36. The summed E-state index contributed by atoms with van der Waals surface area (Å²) in [5.74, 6) is 0.790. The first-order valence-electron chi connectivity index (χ1n) is 9.31. The Bertz CT molecular complexity index is 1260. The third-order valence-electron chi connectivity index (χ3n) is 5.47. The summed E-state index contributed by atoms with van der Waals surface area (Å²) in [7, 11) is 1.99. The maximum Gasteiger partial charge on any atom is 0.293 e. The molecule has 1 fully saturated rings. The van der Waals surface area contributed by atoms with Gasteiger partial charge in [0.15, 0.2) is 11.5 Å². The van der Waals surface area contributed by atoms with E-state index in [1.54, 1.807) is 12.1 Å². The number of para-hydroxylation sites is 1. The first-order valence-corrected chi connectivity index (χ1v) is 10.5. The molecule has 0 bridgehead atoms. The van der Waals surface area contributed by atoms with Crippen molar-refractivity contribution in [2.45, 2.75) is 13.5 Å². The van der Waals surface area contributed by atoms with Gasteiger partial charge in [0, 0.05) is 40.3 Å². The van der Waals surface area contributed by atoms with Crippen LogP contribution in [0.3, 0.4) is 0 Å². The standard InChI is InChI=1S/C22H17ClN2O4S/c1-12-15(14-5-3-4-6-17(14)24(12)2)8-20-21(26)25(22(27)30-20)10-13-7-18-19(9-16(13)23)29-11-28-18/h3-9H,10-11H2,1-2H3/b20-8-. The number of halogens is 1. The van der Waals surface area contributed by atoms with Crippen molar-refractivity contribution in [3.05, 3.63) is 63.1 Å². The van der Waals surface area contributed by atoms with Gasteiger partial charge in [0.2, 0.25) is 6.79 Å². The van der Waals surface area contributed by atoms with E-state index >= 15 is 0 Å². The van der Waals surface area contributed by atoms with Crippen molar-refractivity contribution in [1.29, 1.82) is 0 Å². The highest BCUT2D eigenvalue weighted by Crippen LogP contribution is 2.40. The highest BCUT2D eigenvalue weighted by Gasteiger charge is 2.36. The summed E-state index contributed by atoms with van der Waals surface area (Å²) in [4.78, 5) is 27.3. The van der Waals surface area contributed by atoms with Gasteiger partial charge in [-0.25, -0.2) is 0 Å². The van der Waals surface area contributed by atoms with Gasteiger partial charge in [-0.05, 0) is 42.5 Å². The van der Waals surface area contributed by atoms with Crippen LogP contribution in [0.4, 0.5) is 4.79 Å². The quantitative estimate of drug-likeness (QED) is 0.530. The van der Waals surface area contributed by atoms with Crippen molar-refractivity contribution in [3.8, 4) is 11.5 Å². The monoisotopic (exact) mass is 440 g/mol. The molecule has 3 heterocycles. The maximum atomic E-state index is 13.0. The predicted octanol–water partition coefficient (Wildman–Crippen LogP) is 5.11. The molecule has 152 valence electrons. The Morgan fingerprint density at radius 2 is 1.90 bits per heavy atom. The number of benzene rings is 2. The molecule has 8 heteroatoms. The van der Waals surface area contributed by atoms with E-state index in [0.717, 1.165) is 33.9 Å². The third-order valence-corrected chi connectivity index (χ3v) is 6.73. The van der Waals surface area contributed by atoms with Gasteiger partial charge in [-0.15, -0.1) is 0 Å². The zero-order valence-electron chi connectivity index (χ0n) is 16.3. The molecule has 6 nitrogen and oxygen atoms in total. The van der Waals surface area contributed by atoms with Crippen molar-refractivity contribution in [2.24, 2.45) is 7.05 Å². The predicted molar refractivity (Wildman–Crippen MR) is 117 cm³/mol. The lowest BCUT2D eigenvalue weighted by Crippen LogP contribution is -2.27. The van der Waals surface area contributed by atoms with Gasteiger partial charge >= 0.3 is 0 Å². The number of ether oxygens (including phenoxy) is 2. The van der Waals surface area contributed by atoms with Gasteiger partial charge in [-0.1, -0.05) is 29.8 Å². The van der Waals surface area contributed by atoms with Gasteiger partial charge in [0.25, 0.3) is 11.1 Å². The molecule has 2 aromatic carbocycles. The molecule has 3 aromatic rings. The van der Waals surface area contributed by atoms with Crippen LogP contribution in [0.15, 0.2) is 41.3 Å². The second-order valence-corrected chi connectivity index (χ2v) is 8.54. The molecule has 0 saturated carbocycles. The Labute approximate surface area is 182 Å². The number of aromatic nitrogens is 1. The molecule has 0 radical (unpaired) electrons. The van der Waals surface area contributed by atoms with E-state index in [0.29, 0.717) is 27.0 Å². The molecular formula is C22H17ClN2O4S. The van der Waals surface area contributed by atoms with Gasteiger partial charge in [-0.3, -0.25) is 14.5 Å². The molecular weight excluding hydrogens is 424 g/mol. The number of carbonyl (C=O) groups excluding carboxylic acids is 2. The highest BCUT2D eigenvalue weighted by atomic mass is 35.5. The highest BCUT2D eigenvalue weighted by molar-refractivity contribution is 8.18. The Kier molecular flexibility index (Phi) is 4.52. The summed E-state index contributed by atoms with van der Waals surface area (Å²) in [6.07, 6.45) is 1.81. The Morgan fingerprint density at radius 1 is 1.17 bits per heavy atom. The number of thioether (sulfide) groups is 1. The van der Waals surface area contributed by atoms with E-state index < -0.39 is 0 Å². The fraction of sp³-hybridized carbons (Fsp3) is 0.182. The van der Waals surface area contributed by atoms with Crippen LogP contribution in [0.2, 0.25) is 5.02 Å². The first-order chi connectivity index (χ1) is 14.4. The van der Waals surface area contributed by atoms with E-state index in [2.05, 4.69) is 4.57 Å². The zero-order valence-corrected chi connectivity index (χ0v) is 17.8. The van der Waals surface area contributed by atoms with Crippen LogP contribution in [0.1, 0.15) is 16.8 Å².